The molecule has 1 atom stereocenters. The summed E-state index contributed by atoms with van der Waals surface area (Å²) in [6.07, 6.45) is 1.92. The largest absolute Gasteiger partial charge is 0.453 e. The molecule has 0 spiro atoms. The van der Waals surface area contributed by atoms with Gasteiger partial charge < -0.3 is 39.9 Å². The number of carbonyl (C=O) groups is 4. The predicted molar refractivity (Wildman–Crippen MR) is 221 cm³/mol. The van der Waals surface area contributed by atoms with Gasteiger partial charge in [-0.05, 0) is 58.4 Å². The number of aromatic nitrogens is 4. The number of hydrogen-bond acceptors (Lipinski definition) is 8. The maximum Gasteiger partial charge on any atom is 0.407 e. The second-order valence-corrected chi connectivity index (χ2v) is 13.7. The number of H-pyrrole nitrogens is 2. The number of carbonyl (C=O) groups excluding carboxylic acids is 4. The van der Waals surface area contributed by atoms with Crippen LogP contribution in [0.25, 0.3) is 44.5 Å². The third-order valence-electron chi connectivity index (χ3n) is 9.64. The van der Waals surface area contributed by atoms with E-state index in [1.54, 1.807) is 28.1 Å². The van der Waals surface area contributed by atoms with Gasteiger partial charge in [0, 0.05) is 13.1 Å². The smallest absolute Gasteiger partial charge is 0.407 e. The van der Waals surface area contributed by atoms with E-state index in [4.69, 9.17) is 9.72 Å². The maximum absolute atomic E-state index is 13.8. The van der Waals surface area contributed by atoms with Gasteiger partial charge in [0.25, 0.3) is 0 Å². The van der Waals surface area contributed by atoms with Crippen molar-refractivity contribution in [1.82, 2.24) is 40.4 Å². The Hall–Kier alpha value is -6.96. The fourth-order valence-electron chi connectivity index (χ4n) is 6.69. The Labute approximate surface area is 337 Å². The molecule has 0 radical (unpaired) electrons. The quantitative estimate of drug-likeness (QED) is 0.0796. The van der Waals surface area contributed by atoms with Crippen LogP contribution in [-0.4, -0.2) is 87.6 Å². The molecule has 4 aromatic carbocycles. The summed E-state index contributed by atoms with van der Waals surface area (Å²) in [5.74, 6) is 0.816. The number of hydrogen-bond donors (Lipinski definition) is 4. The van der Waals surface area contributed by atoms with Crippen LogP contribution in [0.15, 0.2) is 103 Å². The number of fused-ring (bicyclic) bond motifs is 1. The van der Waals surface area contributed by atoms with Crippen molar-refractivity contribution in [1.29, 1.82) is 0 Å². The van der Waals surface area contributed by atoms with Gasteiger partial charge in [-0.15, -0.1) is 0 Å². The van der Waals surface area contributed by atoms with Gasteiger partial charge in [-0.2, -0.15) is 0 Å². The van der Waals surface area contributed by atoms with Crippen LogP contribution in [0.5, 0.6) is 0 Å². The van der Waals surface area contributed by atoms with Crippen LogP contribution in [0.3, 0.4) is 0 Å². The number of imidazole rings is 2. The molecule has 0 aliphatic heterocycles. The van der Waals surface area contributed by atoms with Crippen molar-refractivity contribution in [2.45, 2.75) is 45.8 Å². The number of aromatic amines is 2. The number of methoxy groups -OCH3 is 2. The van der Waals surface area contributed by atoms with Crippen molar-refractivity contribution in [3.63, 3.8) is 0 Å². The van der Waals surface area contributed by atoms with E-state index in [-0.39, 0.29) is 24.9 Å². The first kappa shape index (κ1) is 40.7. The van der Waals surface area contributed by atoms with Crippen LogP contribution >= 0.6 is 0 Å². The molecule has 0 bridgehead atoms. The molecule has 4 N–H and O–H groups in total. The van der Waals surface area contributed by atoms with Crippen molar-refractivity contribution in [3.05, 3.63) is 120 Å². The van der Waals surface area contributed by atoms with E-state index in [0.29, 0.717) is 36.8 Å². The molecule has 0 saturated heterocycles. The molecule has 58 heavy (non-hydrogen) atoms. The third kappa shape index (κ3) is 10.1. The highest BCUT2D eigenvalue weighted by molar-refractivity contribution is 5.87. The van der Waals surface area contributed by atoms with Crippen LogP contribution in [0.2, 0.25) is 0 Å². The van der Waals surface area contributed by atoms with Gasteiger partial charge in [0.15, 0.2) is 0 Å². The van der Waals surface area contributed by atoms with E-state index < -0.39 is 18.2 Å². The minimum atomic E-state index is -0.901. The highest BCUT2D eigenvalue weighted by Crippen LogP contribution is 2.29. The summed E-state index contributed by atoms with van der Waals surface area (Å²) >= 11 is 0. The molecule has 2 heterocycles. The zero-order valence-corrected chi connectivity index (χ0v) is 33.1. The summed E-state index contributed by atoms with van der Waals surface area (Å²) in [6.45, 7) is 5.38. The van der Waals surface area contributed by atoms with E-state index in [2.05, 4.69) is 72.8 Å². The lowest BCUT2D eigenvalue weighted by atomic mass is 9.99. The Kier molecular flexibility index (Phi) is 13.5. The zero-order chi connectivity index (χ0) is 41.0. The summed E-state index contributed by atoms with van der Waals surface area (Å²) in [7, 11) is 2.53. The Morgan fingerprint density at radius 3 is 1.91 bits per heavy atom. The summed E-state index contributed by atoms with van der Waals surface area (Å²) in [5, 5.41) is 5.13. The lowest BCUT2D eigenvalue weighted by molar-refractivity contribution is -0.134. The van der Waals surface area contributed by atoms with Gasteiger partial charge in [-0.1, -0.05) is 98.8 Å². The van der Waals surface area contributed by atoms with Gasteiger partial charge in [-0.25, -0.2) is 19.6 Å². The van der Waals surface area contributed by atoms with Gasteiger partial charge in [0.05, 0.1) is 50.2 Å². The van der Waals surface area contributed by atoms with Crippen molar-refractivity contribution >= 4 is 35.0 Å². The fourth-order valence-corrected chi connectivity index (χ4v) is 6.69. The zero-order valence-electron chi connectivity index (χ0n) is 33.1. The lowest BCUT2D eigenvalue weighted by Gasteiger charge is -2.27. The minimum absolute atomic E-state index is 0.151. The van der Waals surface area contributed by atoms with Crippen molar-refractivity contribution in [2.75, 3.05) is 33.9 Å². The summed E-state index contributed by atoms with van der Waals surface area (Å²) in [6, 6.07) is 30.8. The number of nitrogens with zero attached hydrogens (tertiary/aromatic N) is 4. The average Bonchev–Trinajstić information content (AvgIpc) is 3.90. The van der Waals surface area contributed by atoms with Crippen LogP contribution in [0.4, 0.5) is 9.59 Å². The summed E-state index contributed by atoms with van der Waals surface area (Å²) in [5.41, 5.74) is 8.30. The first-order valence-electron chi connectivity index (χ1n) is 19.2. The number of alkyl carbamates (subject to hydrolysis) is 2. The predicted octanol–water partition coefficient (Wildman–Crippen LogP) is 7.22. The highest BCUT2D eigenvalue weighted by atomic mass is 16.5. The first-order valence-corrected chi connectivity index (χ1v) is 19.2. The third-order valence-corrected chi connectivity index (χ3v) is 9.64. The monoisotopic (exact) mass is 784 g/mol. The summed E-state index contributed by atoms with van der Waals surface area (Å²) in [4.78, 5) is 69.5. The van der Waals surface area contributed by atoms with E-state index >= 15 is 0 Å². The molecule has 0 fully saturated rings. The van der Waals surface area contributed by atoms with Crippen LogP contribution in [0, 0.1) is 0 Å². The van der Waals surface area contributed by atoms with Gasteiger partial charge in [-0.3, -0.25) is 9.59 Å². The van der Waals surface area contributed by atoms with E-state index in [0.717, 1.165) is 57.4 Å². The van der Waals surface area contributed by atoms with Crippen molar-refractivity contribution < 1.29 is 28.7 Å². The topological polar surface area (TPSA) is 175 Å². The number of amides is 4. The molecule has 0 aliphatic rings. The Bertz CT molecular complexity index is 2320. The fraction of sp³-hybridized carbons (Fsp3) is 0.273. The molecule has 6 rings (SSSR count). The number of benzene rings is 4. The van der Waals surface area contributed by atoms with E-state index in [1.807, 2.05) is 56.3 Å². The molecule has 0 aliphatic carbocycles. The molecular weight excluding hydrogens is 737 g/mol. The van der Waals surface area contributed by atoms with E-state index in [9.17, 15) is 19.2 Å². The molecule has 4 amide bonds. The Balaban J connectivity index is 1.10. The van der Waals surface area contributed by atoms with Gasteiger partial charge in [0.1, 0.15) is 24.2 Å². The van der Waals surface area contributed by atoms with Crippen LogP contribution in [-0.2, 0) is 32.2 Å². The molecule has 0 unspecified atom stereocenters. The second kappa shape index (κ2) is 19.3. The molecule has 300 valence electrons. The standard InChI is InChI=1S/C44H48N8O6/c1-5-22-51(40(53)26-46-43(55)57-3)28-39-47-35-21-20-34(24-36(35)48-39)31-14-12-29(13-15-31)30-16-18-32(19-17-30)37-25-45-38(49-37)27-52(23-6-2)42(54)41(50-44(56)58-4)33-10-8-7-9-11-33/h7-21,24-25,41H,5-6,22-23,26-28H2,1-4H3,(H,45,49)(H,46,55)(H,47,48)(H,50,56)/t41-/m1/s1. The molecule has 0 saturated carbocycles. The minimum Gasteiger partial charge on any atom is -0.453 e. The number of nitrogens with one attached hydrogen (secondary N) is 4. The normalized spacial score (nSPS) is 11.4. The lowest BCUT2D eigenvalue weighted by Crippen LogP contribution is -2.43. The number of ether oxygens (including phenoxy) is 2. The number of rotatable bonds is 16. The van der Waals surface area contributed by atoms with E-state index in [1.165, 1.54) is 14.2 Å². The van der Waals surface area contributed by atoms with Crippen molar-refractivity contribution in [2.24, 2.45) is 0 Å². The molecule has 2 aromatic heterocycles. The Morgan fingerprint density at radius 1 is 0.690 bits per heavy atom. The molecular formula is C44H48N8O6. The Morgan fingerprint density at radius 2 is 1.28 bits per heavy atom. The van der Waals surface area contributed by atoms with Crippen LogP contribution < -0.4 is 10.6 Å². The van der Waals surface area contributed by atoms with Gasteiger partial charge >= 0.3 is 12.2 Å². The second-order valence-electron chi connectivity index (χ2n) is 13.7. The SMILES string of the molecule is CCCN(Cc1nc2ccc(-c3ccc(-c4ccc(-c5cnc(CN(CCC)C(=O)[C@H](NC(=O)OC)c6ccccc6)[nH]5)cc4)cc3)cc2[nH]1)C(=O)CNC(=O)OC. The summed E-state index contributed by atoms with van der Waals surface area (Å²) < 4.78 is 9.38. The molecule has 6 aromatic rings. The first-order chi connectivity index (χ1) is 28.2. The van der Waals surface area contributed by atoms with Crippen LogP contribution in [0.1, 0.15) is 49.9 Å². The highest BCUT2D eigenvalue weighted by Gasteiger charge is 2.28. The van der Waals surface area contributed by atoms with Gasteiger partial charge in [0.2, 0.25) is 11.8 Å². The maximum atomic E-state index is 13.8. The molecule has 14 nitrogen and oxygen atoms in total. The average molecular weight is 785 g/mol. The van der Waals surface area contributed by atoms with Crippen molar-refractivity contribution in [3.8, 4) is 33.5 Å². The molecule has 14 heteroatoms.